The van der Waals surface area contributed by atoms with Crippen molar-refractivity contribution in [3.8, 4) is 12.1 Å². The molecule has 16 heavy (non-hydrogen) atoms. The fourth-order valence-electron chi connectivity index (χ4n) is 1.41. The van der Waals surface area contributed by atoms with Crippen molar-refractivity contribution in [2.24, 2.45) is 0 Å². The Balaban J connectivity index is 2.76. The Morgan fingerprint density at radius 2 is 1.94 bits per heavy atom. The molecule has 1 rings (SSSR count). The zero-order valence-electron chi connectivity index (χ0n) is 9.14. The first-order chi connectivity index (χ1) is 7.81. The average Bonchev–Trinajstić information content (AvgIpc) is 2.36. The maximum atomic E-state index is 8.60. The van der Waals surface area contributed by atoms with Gasteiger partial charge in [-0.3, -0.25) is 0 Å². The summed E-state index contributed by atoms with van der Waals surface area (Å²) in [5.41, 5.74) is 1.24. The molecule has 1 aromatic rings. The molecule has 0 radical (unpaired) electrons. The van der Waals surface area contributed by atoms with Gasteiger partial charge in [-0.2, -0.15) is 10.5 Å². The molecule has 80 valence electrons. The van der Waals surface area contributed by atoms with Gasteiger partial charge in [0.25, 0.3) is 0 Å². The van der Waals surface area contributed by atoms with E-state index in [0.717, 1.165) is 12.0 Å². The van der Waals surface area contributed by atoms with Crippen LogP contribution >= 0.6 is 0 Å². The van der Waals surface area contributed by atoms with Gasteiger partial charge >= 0.3 is 0 Å². The van der Waals surface area contributed by atoms with Crippen LogP contribution in [0.5, 0.6) is 0 Å². The topological polar surface area (TPSA) is 59.6 Å². The van der Waals surface area contributed by atoms with E-state index in [2.05, 4.69) is 12.2 Å². The van der Waals surface area contributed by atoms with Crippen molar-refractivity contribution in [3.05, 3.63) is 47.7 Å². The molecule has 3 nitrogen and oxygen atoms in total. The molecule has 0 amide bonds. The standard InChI is InChI=1S/C13H13N3/c1-2-13(12-6-4-3-5-7-12)16-10-11(8-14)9-15/h3-7,10,13,16H,2H2,1H3. The maximum Gasteiger partial charge on any atom is 0.145 e. The Hall–Kier alpha value is -2.26. The zero-order valence-corrected chi connectivity index (χ0v) is 9.14. The molecule has 0 spiro atoms. The Kier molecular flexibility index (Phi) is 4.63. The van der Waals surface area contributed by atoms with E-state index in [1.54, 1.807) is 0 Å². The predicted molar refractivity (Wildman–Crippen MR) is 61.9 cm³/mol. The van der Waals surface area contributed by atoms with Crippen molar-refractivity contribution in [3.63, 3.8) is 0 Å². The Morgan fingerprint density at radius 1 is 1.31 bits per heavy atom. The number of nitrogens with one attached hydrogen (secondary N) is 1. The van der Waals surface area contributed by atoms with Gasteiger partial charge < -0.3 is 5.32 Å². The summed E-state index contributed by atoms with van der Waals surface area (Å²) >= 11 is 0. The maximum absolute atomic E-state index is 8.60. The van der Waals surface area contributed by atoms with Gasteiger partial charge in [0.2, 0.25) is 0 Å². The number of hydrogen-bond donors (Lipinski definition) is 1. The summed E-state index contributed by atoms with van der Waals surface area (Å²) in [5, 5.41) is 20.3. The van der Waals surface area contributed by atoms with Crippen molar-refractivity contribution >= 4 is 0 Å². The van der Waals surface area contributed by atoms with Gasteiger partial charge in [-0.05, 0) is 12.0 Å². The van der Waals surface area contributed by atoms with E-state index in [9.17, 15) is 0 Å². The number of hydrogen-bond acceptors (Lipinski definition) is 3. The first-order valence-corrected chi connectivity index (χ1v) is 5.13. The lowest BCUT2D eigenvalue weighted by Crippen LogP contribution is -2.14. The van der Waals surface area contributed by atoms with Gasteiger partial charge in [0.15, 0.2) is 0 Å². The third-order valence-electron chi connectivity index (χ3n) is 2.28. The lowest BCUT2D eigenvalue weighted by molar-refractivity contribution is 0.601. The van der Waals surface area contributed by atoms with Crippen LogP contribution in [0.15, 0.2) is 42.1 Å². The second kappa shape index (κ2) is 6.27. The molecule has 0 aliphatic heterocycles. The van der Waals surface area contributed by atoms with Crippen LogP contribution < -0.4 is 5.32 Å². The molecule has 0 aliphatic carbocycles. The number of nitriles is 2. The van der Waals surface area contributed by atoms with Crippen molar-refractivity contribution in [1.29, 1.82) is 10.5 Å². The molecule has 1 aromatic carbocycles. The molecule has 1 N–H and O–H groups in total. The summed E-state index contributed by atoms with van der Waals surface area (Å²) in [6.07, 6.45) is 2.37. The Bertz CT molecular complexity index is 418. The smallest absolute Gasteiger partial charge is 0.145 e. The first kappa shape index (κ1) is 11.8. The van der Waals surface area contributed by atoms with Gasteiger partial charge in [-0.25, -0.2) is 0 Å². The fraction of sp³-hybridized carbons (Fsp3) is 0.231. The minimum Gasteiger partial charge on any atom is -0.382 e. The van der Waals surface area contributed by atoms with E-state index in [1.807, 2.05) is 42.5 Å². The van der Waals surface area contributed by atoms with Gasteiger partial charge in [0.1, 0.15) is 17.7 Å². The second-order valence-electron chi connectivity index (χ2n) is 3.32. The Labute approximate surface area is 95.6 Å². The summed E-state index contributed by atoms with van der Waals surface area (Å²) in [4.78, 5) is 0. The van der Waals surface area contributed by atoms with E-state index >= 15 is 0 Å². The highest BCUT2D eigenvalue weighted by Gasteiger charge is 2.06. The van der Waals surface area contributed by atoms with Crippen LogP contribution in [0.2, 0.25) is 0 Å². The van der Waals surface area contributed by atoms with Crippen molar-refractivity contribution < 1.29 is 0 Å². The van der Waals surface area contributed by atoms with E-state index in [-0.39, 0.29) is 11.6 Å². The minimum atomic E-state index is 0.0920. The lowest BCUT2D eigenvalue weighted by Gasteiger charge is -2.15. The van der Waals surface area contributed by atoms with E-state index in [1.165, 1.54) is 6.20 Å². The molecular formula is C13H13N3. The van der Waals surface area contributed by atoms with Crippen LogP contribution in [0, 0.1) is 22.7 Å². The number of rotatable bonds is 4. The summed E-state index contributed by atoms with van der Waals surface area (Å²) in [7, 11) is 0. The molecule has 0 saturated heterocycles. The molecule has 0 heterocycles. The van der Waals surface area contributed by atoms with Crippen molar-refractivity contribution in [2.75, 3.05) is 0 Å². The number of benzene rings is 1. The van der Waals surface area contributed by atoms with Crippen LogP contribution in [0.25, 0.3) is 0 Å². The molecule has 0 aromatic heterocycles. The molecule has 1 unspecified atom stereocenters. The van der Waals surface area contributed by atoms with Gasteiger partial charge in [-0.1, -0.05) is 37.3 Å². The summed E-state index contributed by atoms with van der Waals surface area (Å²) < 4.78 is 0. The molecule has 0 saturated carbocycles. The third kappa shape index (κ3) is 3.15. The van der Waals surface area contributed by atoms with Crippen LogP contribution in [0.1, 0.15) is 24.9 Å². The highest BCUT2D eigenvalue weighted by Crippen LogP contribution is 2.15. The second-order valence-corrected chi connectivity index (χ2v) is 3.32. The van der Waals surface area contributed by atoms with Gasteiger partial charge in [0, 0.05) is 6.20 Å². The lowest BCUT2D eigenvalue weighted by atomic mass is 10.1. The molecule has 0 fully saturated rings. The highest BCUT2D eigenvalue weighted by molar-refractivity contribution is 5.34. The molecule has 1 atom stereocenters. The summed E-state index contributed by atoms with van der Waals surface area (Å²) in [6.45, 7) is 2.05. The normalized spacial score (nSPS) is 10.7. The molecular weight excluding hydrogens is 198 g/mol. The van der Waals surface area contributed by atoms with E-state index < -0.39 is 0 Å². The molecule has 0 aliphatic rings. The van der Waals surface area contributed by atoms with Gasteiger partial charge in [0.05, 0.1) is 6.04 Å². The largest absolute Gasteiger partial charge is 0.382 e. The van der Waals surface area contributed by atoms with Crippen LogP contribution in [-0.2, 0) is 0 Å². The number of allylic oxidation sites excluding steroid dienone is 1. The number of nitrogens with zero attached hydrogens (tertiary/aromatic N) is 2. The summed E-state index contributed by atoms with van der Waals surface area (Å²) in [5.74, 6) is 0. The van der Waals surface area contributed by atoms with E-state index in [0.29, 0.717) is 0 Å². The van der Waals surface area contributed by atoms with Crippen LogP contribution in [0.4, 0.5) is 0 Å². The van der Waals surface area contributed by atoms with Crippen LogP contribution in [-0.4, -0.2) is 0 Å². The fourth-order valence-corrected chi connectivity index (χ4v) is 1.41. The monoisotopic (exact) mass is 211 g/mol. The van der Waals surface area contributed by atoms with Gasteiger partial charge in [-0.15, -0.1) is 0 Å². The molecule has 3 heteroatoms. The third-order valence-corrected chi connectivity index (χ3v) is 2.28. The quantitative estimate of drug-likeness (QED) is 0.779. The molecule has 0 bridgehead atoms. The van der Waals surface area contributed by atoms with E-state index in [4.69, 9.17) is 10.5 Å². The SMILES string of the molecule is CCC(NC=C(C#N)C#N)c1ccccc1. The average molecular weight is 211 g/mol. The van der Waals surface area contributed by atoms with Crippen LogP contribution in [0.3, 0.4) is 0 Å². The summed E-state index contributed by atoms with van der Waals surface area (Å²) in [6, 6.07) is 13.7. The highest BCUT2D eigenvalue weighted by atomic mass is 14.9. The predicted octanol–water partition coefficient (Wildman–Crippen LogP) is 2.66. The minimum absolute atomic E-state index is 0.0920. The van der Waals surface area contributed by atoms with Crippen molar-refractivity contribution in [2.45, 2.75) is 19.4 Å². The zero-order chi connectivity index (χ0) is 11.8. The Morgan fingerprint density at radius 3 is 2.44 bits per heavy atom. The first-order valence-electron chi connectivity index (χ1n) is 5.13. The van der Waals surface area contributed by atoms with Crippen molar-refractivity contribution in [1.82, 2.24) is 5.32 Å².